The summed E-state index contributed by atoms with van der Waals surface area (Å²) in [5.41, 5.74) is 0. The Kier molecular flexibility index (Phi) is 8.52. The molecule has 0 saturated carbocycles. The van der Waals surface area contributed by atoms with Crippen LogP contribution in [0.3, 0.4) is 0 Å². The van der Waals surface area contributed by atoms with Crippen LogP contribution in [0.2, 0.25) is 0 Å². The van der Waals surface area contributed by atoms with Crippen LogP contribution in [0.4, 0.5) is 0 Å². The average molecular weight is 393 g/mol. The molecule has 1 fully saturated rings. The van der Waals surface area contributed by atoms with Crippen molar-refractivity contribution in [1.82, 2.24) is 10.2 Å². The summed E-state index contributed by atoms with van der Waals surface area (Å²) in [6, 6.07) is 0. The molecule has 0 aromatic carbocycles. The molecule has 20 heavy (non-hydrogen) atoms. The summed E-state index contributed by atoms with van der Waals surface area (Å²) in [7, 11) is 3.67. The van der Waals surface area contributed by atoms with Crippen molar-refractivity contribution in [1.29, 1.82) is 0 Å². The zero-order chi connectivity index (χ0) is 13.5. The summed E-state index contributed by atoms with van der Waals surface area (Å²) in [6.45, 7) is 4.07. The summed E-state index contributed by atoms with van der Waals surface area (Å²) in [5.74, 6) is 2.48. The van der Waals surface area contributed by atoms with Gasteiger partial charge in [-0.2, -0.15) is 0 Å². The van der Waals surface area contributed by atoms with Gasteiger partial charge in [0.25, 0.3) is 0 Å². The lowest BCUT2D eigenvalue weighted by atomic mass is 9.94. The maximum Gasteiger partial charge on any atom is 0.193 e. The Bertz CT molecular complexity index is 333. The fourth-order valence-corrected chi connectivity index (χ4v) is 3.01. The number of nitrogens with zero attached hydrogens (tertiary/aromatic N) is 2. The van der Waals surface area contributed by atoms with Gasteiger partial charge in [0.2, 0.25) is 0 Å². The fraction of sp³-hybridized carbons (Fsp3) is 0.800. The van der Waals surface area contributed by atoms with Gasteiger partial charge < -0.3 is 15.0 Å². The number of hydrogen-bond acceptors (Lipinski definition) is 2. The summed E-state index contributed by atoms with van der Waals surface area (Å²) >= 11 is 0. The van der Waals surface area contributed by atoms with E-state index in [-0.39, 0.29) is 24.0 Å². The first-order valence-corrected chi connectivity index (χ1v) is 7.43. The molecule has 1 heterocycles. The number of ether oxygens (including phenoxy) is 1. The minimum absolute atomic E-state index is 0. The fourth-order valence-electron chi connectivity index (χ4n) is 3.01. The zero-order valence-electron chi connectivity index (χ0n) is 12.7. The molecular weight excluding hydrogens is 365 g/mol. The van der Waals surface area contributed by atoms with Crippen LogP contribution in [0, 0.1) is 11.8 Å². The second-order valence-corrected chi connectivity index (χ2v) is 5.63. The van der Waals surface area contributed by atoms with Crippen molar-refractivity contribution in [2.45, 2.75) is 25.7 Å². The van der Waals surface area contributed by atoms with Crippen molar-refractivity contribution >= 4 is 29.9 Å². The molecule has 0 bridgehead atoms. The molecule has 2 unspecified atom stereocenters. The standard InChI is InChI=1S/C15H27N3O.HI/c1-16-15(17-10-13-6-4-3-5-7-13)18-9-8-14(11-18)12-19-2;/h3-4,13-14H,5-12H2,1-2H3,(H,16,17);1H. The number of hydrogen-bond donors (Lipinski definition) is 1. The van der Waals surface area contributed by atoms with E-state index in [0.29, 0.717) is 5.92 Å². The quantitative estimate of drug-likeness (QED) is 0.345. The Labute approximate surface area is 140 Å². The highest BCUT2D eigenvalue weighted by molar-refractivity contribution is 14.0. The Morgan fingerprint density at radius 2 is 2.20 bits per heavy atom. The lowest BCUT2D eigenvalue weighted by Crippen LogP contribution is -2.42. The third kappa shape index (κ3) is 5.24. The van der Waals surface area contributed by atoms with Crippen molar-refractivity contribution < 1.29 is 4.74 Å². The topological polar surface area (TPSA) is 36.9 Å². The van der Waals surface area contributed by atoms with Gasteiger partial charge in [0.05, 0.1) is 6.61 Å². The van der Waals surface area contributed by atoms with E-state index in [1.165, 1.54) is 25.7 Å². The second kappa shape index (κ2) is 9.60. The first kappa shape index (κ1) is 17.8. The minimum atomic E-state index is 0. The molecule has 0 aromatic heterocycles. The summed E-state index contributed by atoms with van der Waals surface area (Å²) in [6.07, 6.45) is 9.54. The highest BCUT2D eigenvalue weighted by Gasteiger charge is 2.25. The Hall–Kier alpha value is -0.300. The van der Waals surface area contributed by atoms with Gasteiger partial charge >= 0.3 is 0 Å². The second-order valence-electron chi connectivity index (χ2n) is 5.63. The number of halogens is 1. The number of aliphatic imine (C=N–C) groups is 1. The van der Waals surface area contributed by atoms with Crippen LogP contribution < -0.4 is 5.32 Å². The molecule has 2 rings (SSSR count). The van der Waals surface area contributed by atoms with Gasteiger partial charge in [0.15, 0.2) is 5.96 Å². The van der Waals surface area contributed by atoms with Crippen LogP contribution in [0.15, 0.2) is 17.1 Å². The van der Waals surface area contributed by atoms with E-state index < -0.39 is 0 Å². The van der Waals surface area contributed by atoms with Crippen LogP contribution in [0.5, 0.6) is 0 Å². The van der Waals surface area contributed by atoms with Gasteiger partial charge in [-0.3, -0.25) is 4.99 Å². The summed E-state index contributed by atoms with van der Waals surface area (Å²) in [5, 5.41) is 3.54. The van der Waals surface area contributed by atoms with Crippen LogP contribution in [0.25, 0.3) is 0 Å². The predicted molar refractivity (Wildman–Crippen MR) is 94.8 cm³/mol. The molecule has 4 nitrogen and oxygen atoms in total. The van der Waals surface area contributed by atoms with Crippen LogP contribution in [-0.2, 0) is 4.74 Å². The number of methoxy groups -OCH3 is 1. The van der Waals surface area contributed by atoms with Crippen molar-refractivity contribution in [3.63, 3.8) is 0 Å². The minimum Gasteiger partial charge on any atom is -0.384 e. The SMILES string of the molecule is CN=C(NCC1CC=CCC1)N1CCC(COC)C1.I. The molecule has 0 aromatic rings. The molecule has 1 N–H and O–H groups in total. The van der Waals surface area contributed by atoms with E-state index in [1.54, 1.807) is 7.11 Å². The molecule has 2 atom stereocenters. The zero-order valence-corrected chi connectivity index (χ0v) is 15.0. The van der Waals surface area contributed by atoms with Crippen LogP contribution in [0.1, 0.15) is 25.7 Å². The van der Waals surface area contributed by atoms with E-state index in [2.05, 4.69) is 27.4 Å². The molecule has 1 aliphatic carbocycles. The Balaban J connectivity index is 0.00000200. The smallest absolute Gasteiger partial charge is 0.193 e. The highest BCUT2D eigenvalue weighted by Crippen LogP contribution is 2.18. The molecule has 0 spiro atoms. The largest absolute Gasteiger partial charge is 0.384 e. The number of nitrogens with one attached hydrogen (secondary N) is 1. The summed E-state index contributed by atoms with van der Waals surface area (Å²) in [4.78, 5) is 6.79. The molecule has 5 heteroatoms. The number of allylic oxidation sites excluding steroid dienone is 2. The maximum atomic E-state index is 5.25. The molecule has 1 aliphatic heterocycles. The lowest BCUT2D eigenvalue weighted by molar-refractivity contribution is 0.157. The van der Waals surface area contributed by atoms with Gasteiger partial charge in [0, 0.05) is 39.7 Å². The summed E-state index contributed by atoms with van der Waals surface area (Å²) < 4.78 is 5.25. The van der Waals surface area contributed by atoms with Gasteiger partial charge in [-0.25, -0.2) is 0 Å². The van der Waals surface area contributed by atoms with Gasteiger partial charge in [-0.05, 0) is 31.6 Å². The van der Waals surface area contributed by atoms with E-state index in [4.69, 9.17) is 4.74 Å². The van der Waals surface area contributed by atoms with Gasteiger partial charge in [0.1, 0.15) is 0 Å². The monoisotopic (exact) mass is 393 g/mol. The molecule has 0 amide bonds. The van der Waals surface area contributed by atoms with E-state index >= 15 is 0 Å². The van der Waals surface area contributed by atoms with Gasteiger partial charge in [-0.1, -0.05) is 12.2 Å². The Morgan fingerprint density at radius 1 is 1.35 bits per heavy atom. The van der Waals surface area contributed by atoms with E-state index in [9.17, 15) is 0 Å². The molecular formula is C15H28IN3O. The lowest BCUT2D eigenvalue weighted by Gasteiger charge is -2.25. The third-order valence-corrected chi connectivity index (χ3v) is 4.13. The Morgan fingerprint density at radius 3 is 2.85 bits per heavy atom. The van der Waals surface area contributed by atoms with Crippen molar-refractivity contribution in [2.24, 2.45) is 16.8 Å². The number of guanidine groups is 1. The average Bonchev–Trinajstić information content (AvgIpc) is 2.90. The molecule has 2 aliphatic rings. The highest BCUT2D eigenvalue weighted by atomic mass is 127. The van der Waals surface area contributed by atoms with Gasteiger partial charge in [-0.15, -0.1) is 24.0 Å². The first-order chi connectivity index (χ1) is 9.33. The van der Waals surface area contributed by atoms with Crippen molar-refractivity contribution in [3.05, 3.63) is 12.2 Å². The van der Waals surface area contributed by atoms with Crippen molar-refractivity contribution in [2.75, 3.05) is 40.4 Å². The van der Waals surface area contributed by atoms with E-state index in [1.807, 2.05) is 7.05 Å². The number of rotatable bonds is 4. The predicted octanol–water partition coefficient (Wildman–Crippen LogP) is 2.50. The molecule has 116 valence electrons. The van der Waals surface area contributed by atoms with Crippen molar-refractivity contribution in [3.8, 4) is 0 Å². The molecule has 1 saturated heterocycles. The van der Waals surface area contributed by atoms with E-state index in [0.717, 1.165) is 38.1 Å². The van der Waals surface area contributed by atoms with Crippen LogP contribution >= 0.6 is 24.0 Å². The first-order valence-electron chi connectivity index (χ1n) is 7.43. The number of likely N-dealkylation sites (tertiary alicyclic amines) is 1. The normalized spacial score (nSPS) is 26.5. The molecule has 0 radical (unpaired) electrons. The van der Waals surface area contributed by atoms with Crippen LogP contribution in [-0.4, -0.2) is 51.3 Å². The maximum absolute atomic E-state index is 5.25. The third-order valence-electron chi connectivity index (χ3n) is 4.13.